The third kappa shape index (κ3) is 3.62. The van der Waals surface area contributed by atoms with Gasteiger partial charge in [-0.25, -0.2) is 0 Å². The van der Waals surface area contributed by atoms with Crippen LogP contribution >= 0.6 is 0 Å². The van der Waals surface area contributed by atoms with Crippen LogP contribution in [-0.4, -0.2) is 39.9 Å². The van der Waals surface area contributed by atoms with E-state index < -0.39 is 0 Å². The molecule has 6 heteroatoms. The summed E-state index contributed by atoms with van der Waals surface area (Å²) in [5.41, 5.74) is 2.25. The molecule has 0 fully saturated rings. The van der Waals surface area contributed by atoms with Gasteiger partial charge in [0.25, 0.3) is 5.91 Å². The Hall–Kier alpha value is -2.21. The van der Waals surface area contributed by atoms with Crippen LogP contribution in [0.3, 0.4) is 0 Å². The van der Waals surface area contributed by atoms with Crippen LogP contribution in [0.4, 0.5) is 5.69 Å². The molecule has 0 bridgehead atoms. The zero-order valence-electron chi connectivity index (χ0n) is 11.3. The number of aromatic nitrogens is 3. The van der Waals surface area contributed by atoms with E-state index in [1.54, 1.807) is 13.2 Å². The molecule has 19 heavy (non-hydrogen) atoms. The second kappa shape index (κ2) is 5.62. The van der Waals surface area contributed by atoms with E-state index in [0.29, 0.717) is 5.69 Å². The molecule has 1 aromatic carbocycles. The van der Waals surface area contributed by atoms with Crippen molar-refractivity contribution >= 4 is 11.6 Å². The van der Waals surface area contributed by atoms with Crippen molar-refractivity contribution in [3.63, 3.8) is 0 Å². The van der Waals surface area contributed by atoms with Crippen molar-refractivity contribution in [2.75, 3.05) is 19.4 Å². The summed E-state index contributed by atoms with van der Waals surface area (Å²) in [6.45, 7) is 0.873. The molecule has 1 amide bonds. The smallest absolute Gasteiger partial charge is 0.277 e. The Morgan fingerprint density at radius 2 is 2.00 bits per heavy atom. The molecule has 2 aromatic rings. The molecule has 100 valence electrons. The Morgan fingerprint density at radius 1 is 1.32 bits per heavy atom. The molecule has 1 heterocycles. The largest absolute Gasteiger partial charge is 0.321 e. The summed E-state index contributed by atoms with van der Waals surface area (Å²) in [5.74, 6) is -0.256. The van der Waals surface area contributed by atoms with Crippen molar-refractivity contribution in [3.8, 4) is 0 Å². The second-order valence-electron chi connectivity index (χ2n) is 4.67. The average molecular weight is 259 g/mol. The fourth-order valence-electron chi connectivity index (χ4n) is 1.71. The van der Waals surface area contributed by atoms with E-state index in [9.17, 15) is 4.79 Å². The standard InChI is InChI=1S/C13H17N5O/c1-17(2)8-10-4-6-11(7-5-10)14-13(19)12-9-18(3)16-15-12/h4-7,9H,8H2,1-3H3,(H,14,19). The highest BCUT2D eigenvalue weighted by Crippen LogP contribution is 2.11. The van der Waals surface area contributed by atoms with Crippen LogP contribution in [0.25, 0.3) is 0 Å². The molecule has 0 radical (unpaired) electrons. The summed E-state index contributed by atoms with van der Waals surface area (Å²) < 4.78 is 1.50. The van der Waals surface area contributed by atoms with Gasteiger partial charge in [-0.2, -0.15) is 0 Å². The minimum Gasteiger partial charge on any atom is -0.321 e. The number of amides is 1. The van der Waals surface area contributed by atoms with Gasteiger partial charge in [0.2, 0.25) is 0 Å². The van der Waals surface area contributed by atoms with Crippen LogP contribution in [0.5, 0.6) is 0 Å². The lowest BCUT2D eigenvalue weighted by molar-refractivity contribution is 0.102. The van der Waals surface area contributed by atoms with Gasteiger partial charge < -0.3 is 10.2 Å². The summed E-state index contributed by atoms with van der Waals surface area (Å²) in [4.78, 5) is 13.9. The minimum absolute atomic E-state index is 0.256. The van der Waals surface area contributed by atoms with Gasteiger partial charge in [-0.15, -0.1) is 5.10 Å². The summed E-state index contributed by atoms with van der Waals surface area (Å²) in [5, 5.41) is 10.3. The van der Waals surface area contributed by atoms with Crippen LogP contribution in [0.15, 0.2) is 30.5 Å². The highest BCUT2D eigenvalue weighted by atomic mass is 16.2. The van der Waals surface area contributed by atoms with E-state index in [1.807, 2.05) is 38.4 Å². The Morgan fingerprint density at radius 3 is 2.53 bits per heavy atom. The van der Waals surface area contributed by atoms with Crippen LogP contribution in [0.1, 0.15) is 16.1 Å². The summed E-state index contributed by atoms with van der Waals surface area (Å²) in [6.07, 6.45) is 1.58. The maximum absolute atomic E-state index is 11.9. The van der Waals surface area contributed by atoms with Crippen molar-refractivity contribution in [1.29, 1.82) is 0 Å². The molecule has 0 atom stereocenters. The summed E-state index contributed by atoms with van der Waals surface area (Å²) >= 11 is 0. The fraction of sp³-hybridized carbons (Fsp3) is 0.308. The molecule has 0 aliphatic carbocycles. The van der Waals surface area contributed by atoms with Crippen molar-refractivity contribution in [3.05, 3.63) is 41.7 Å². The Balaban J connectivity index is 2.01. The van der Waals surface area contributed by atoms with Gasteiger partial charge in [0.15, 0.2) is 5.69 Å². The SMILES string of the molecule is CN(C)Cc1ccc(NC(=O)c2cn(C)nn2)cc1. The van der Waals surface area contributed by atoms with E-state index in [2.05, 4.69) is 20.5 Å². The number of rotatable bonds is 4. The zero-order valence-corrected chi connectivity index (χ0v) is 11.3. The van der Waals surface area contributed by atoms with Gasteiger partial charge in [-0.05, 0) is 31.8 Å². The number of nitrogens with zero attached hydrogens (tertiary/aromatic N) is 4. The van der Waals surface area contributed by atoms with Crippen LogP contribution in [-0.2, 0) is 13.6 Å². The maximum atomic E-state index is 11.9. The number of carbonyl (C=O) groups excluding carboxylic acids is 1. The predicted octanol–water partition coefficient (Wildman–Crippen LogP) is 1.13. The normalized spacial score (nSPS) is 10.7. The summed E-state index contributed by atoms with van der Waals surface area (Å²) in [6, 6.07) is 7.75. The topological polar surface area (TPSA) is 63.1 Å². The first-order chi connectivity index (χ1) is 9.04. The molecule has 1 aromatic heterocycles. The molecular weight excluding hydrogens is 242 g/mol. The number of nitrogens with one attached hydrogen (secondary N) is 1. The van der Waals surface area contributed by atoms with Gasteiger partial charge in [0.1, 0.15) is 0 Å². The number of hydrogen-bond donors (Lipinski definition) is 1. The molecule has 6 nitrogen and oxygen atoms in total. The number of anilines is 1. The van der Waals surface area contributed by atoms with E-state index in [0.717, 1.165) is 12.2 Å². The number of hydrogen-bond acceptors (Lipinski definition) is 4. The molecule has 0 aliphatic heterocycles. The Bertz CT molecular complexity index is 559. The maximum Gasteiger partial charge on any atom is 0.277 e. The first kappa shape index (κ1) is 13.2. The molecule has 0 aliphatic rings. The van der Waals surface area contributed by atoms with Gasteiger partial charge in [-0.3, -0.25) is 9.48 Å². The van der Waals surface area contributed by atoms with Crippen molar-refractivity contribution < 1.29 is 4.79 Å². The van der Waals surface area contributed by atoms with E-state index in [-0.39, 0.29) is 5.91 Å². The van der Waals surface area contributed by atoms with Crippen molar-refractivity contribution in [2.45, 2.75) is 6.54 Å². The van der Waals surface area contributed by atoms with Gasteiger partial charge in [0, 0.05) is 19.3 Å². The highest BCUT2D eigenvalue weighted by Gasteiger charge is 2.09. The molecule has 0 saturated heterocycles. The lowest BCUT2D eigenvalue weighted by Crippen LogP contribution is -2.13. The second-order valence-corrected chi connectivity index (χ2v) is 4.67. The molecule has 0 unspecified atom stereocenters. The third-order valence-corrected chi connectivity index (χ3v) is 2.55. The molecular formula is C13H17N5O. The first-order valence-electron chi connectivity index (χ1n) is 5.96. The third-order valence-electron chi connectivity index (χ3n) is 2.55. The van der Waals surface area contributed by atoms with Crippen LogP contribution in [0, 0.1) is 0 Å². The van der Waals surface area contributed by atoms with E-state index >= 15 is 0 Å². The van der Waals surface area contributed by atoms with Gasteiger partial charge in [-0.1, -0.05) is 17.3 Å². The molecule has 2 rings (SSSR count). The minimum atomic E-state index is -0.256. The zero-order chi connectivity index (χ0) is 13.8. The van der Waals surface area contributed by atoms with Crippen LogP contribution < -0.4 is 5.32 Å². The fourth-order valence-corrected chi connectivity index (χ4v) is 1.71. The lowest BCUT2D eigenvalue weighted by atomic mass is 10.2. The van der Waals surface area contributed by atoms with Crippen molar-refractivity contribution in [1.82, 2.24) is 19.9 Å². The predicted molar refractivity (Wildman–Crippen MR) is 72.8 cm³/mol. The lowest BCUT2D eigenvalue weighted by Gasteiger charge is -2.10. The van der Waals surface area contributed by atoms with Gasteiger partial charge >= 0.3 is 0 Å². The average Bonchev–Trinajstić information content (AvgIpc) is 2.78. The van der Waals surface area contributed by atoms with Crippen molar-refractivity contribution in [2.24, 2.45) is 7.05 Å². The molecule has 0 spiro atoms. The van der Waals surface area contributed by atoms with Crippen LogP contribution in [0.2, 0.25) is 0 Å². The Labute approximate surface area is 112 Å². The highest BCUT2D eigenvalue weighted by molar-refractivity contribution is 6.02. The van der Waals surface area contributed by atoms with Gasteiger partial charge in [0.05, 0.1) is 6.20 Å². The van der Waals surface area contributed by atoms with E-state index in [1.165, 1.54) is 10.2 Å². The number of aryl methyl sites for hydroxylation is 1. The molecule has 0 saturated carbocycles. The number of carbonyl (C=O) groups is 1. The number of benzene rings is 1. The monoisotopic (exact) mass is 259 g/mol. The Kier molecular flexibility index (Phi) is 3.91. The quantitative estimate of drug-likeness (QED) is 0.894. The first-order valence-corrected chi connectivity index (χ1v) is 5.96. The molecule has 1 N–H and O–H groups in total. The summed E-state index contributed by atoms with van der Waals surface area (Å²) in [7, 11) is 5.76. The van der Waals surface area contributed by atoms with E-state index in [4.69, 9.17) is 0 Å².